The van der Waals surface area contributed by atoms with Gasteiger partial charge in [0.05, 0.1) is 35.0 Å². The lowest BCUT2D eigenvalue weighted by Crippen LogP contribution is -2.41. The first-order valence-electron chi connectivity index (χ1n) is 8.63. The largest absolute Gasteiger partial charge is 0.393 e. The average Bonchev–Trinajstić information content (AvgIpc) is 3.15. The second kappa shape index (κ2) is 6.21. The molecular weight excluding hydrogens is 334 g/mol. The summed E-state index contributed by atoms with van der Waals surface area (Å²) in [4.78, 5) is 17.4. The normalized spacial score (nSPS) is 20.8. The van der Waals surface area contributed by atoms with Crippen molar-refractivity contribution in [3.05, 3.63) is 41.0 Å². The molecule has 0 spiro atoms. The summed E-state index contributed by atoms with van der Waals surface area (Å²) in [5.41, 5.74) is 3.12. The van der Waals surface area contributed by atoms with Crippen LogP contribution in [0.3, 0.4) is 0 Å². The number of aliphatic hydroxyl groups is 1. The molecule has 0 bridgehead atoms. The SMILES string of the molecule is Cc1cc(C(=O)NC(c2cnn(C)c2)C2CC(O)C2)c2c(C)noc2n1. The van der Waals surface area contributed by atoms with Gasteiger partial charge in [0, 0.05) is 24.5 Å². The molecular formula is C18H21N5O3. The smallest absolute Gasteiger partial charge is 0.258 e. The Labute approximate surface area is 150 Å². The molecule has 0 saturated heterocycles. The molecule has 1 aliphatic carbocycles. The van der Waals surface area contributed by atoms with Crippen molar-refractivity contribution in [2.75, 3.05) is 0 Å². The summed E-state index contributed by atoms with van der Waals surface area (Å²) in [6, 6.07) is 1.54. The van der Waals surface area contributed by atoms with E-state index in [1.54, 1.807) is 23.9 Å². The van der Waals surface area contributed by atoms with Crippen molar-refractivity contribution in [2.24, 2.45) is 13.0 Å². The highest BCUT2D eigenvalue weighted by Gasteiger charge is 2.36. The van der Waals surface area contributed by atoms with E-state index in [9.17, 15) is 9.90 Å². The number of rotatable bonds is 4. The number of aliphatic hydroxyl groups excluding tert-OH is 1. The van der Waals surface area contributed by atoms with Crippen molar-refractivity contribution >= 4 is 17.0 Å². The van der Waals surface area contributed by atoms with E-state index < -0.39 is 0 Å². The summed E-state index contributed by atoms with van der Waals surface area (Å²) >= 11 is 0. The molecule has 136 valence electrons. The highest BCUT2D eigenvalue weighted by Crippen LogP contribution is 2.38. The molecule has 0 radical (unpaired) electrons. The summed E-state index contributed by atoms with van der Waals surface area (Å²) in [5.74, 6) is -0.0258. The lowest BCUT2D eigenvalue weighted by Gasteiger charge is -2.37. The number of amides is 1. The summed E-state index contributed by atoms with van der Waals surface area (Å²) in [6.07, 6.45) is 4.68. The minimum Gasteiger partial charge on any atom is -0.393 e. The van der Waals surface area contributed by atoms with Gasteiger partial charge in [-0.3, -0.25) is 9.48 Å². The van der Waals surface area contributed by atoms with Gasteiger partial charge in [0.2, 0.25) is 0 Å². The summed E-state index contributed by atoms with van der Waals surface area (Å²) in [6.45, 7) is 3.61. The van der Waals surface area contributed by atoms with Crippen LogP contribution in [-0.2, 0) is 7.05 Å². The molecule has 1 unspecified atom stereocenters. The zero-order valence-corrected chi connectivity index (χ0v) is 14.9. The Morgan fingerprint density at radius 3 is 2.85 bits per heavy atom. The molecule has 0 aromatic carbocycles. The second-order valence-electron chi connectivity index (χ2n) is 7.04. The highest BCUT2D eigenvalue weighted by molar-refractivity contribution is 6.06. The fourth-order valence-electron chi connectivity index (χ4n) is 3.59. The van der Waals surface area contributed by atoms with E-state index in [1.807, 2.05) is 20.2 Å². The Balaban J connectivity index is 1.68. The molecule has 3 heterocycles. The lowest BCUT2D eigenvalue weighted by molar-refractivity contribution is 0.0235. The van der Waals surface area contributed by atoms with Crippen molar-refractivity contribution in [3.8, 4) is 0 Å². The molecule has 1 aliphatic rings. The van der Waals surface area contributed by atoms with E-state index in [0.717, 1.165) is 5.56 Å². The van der Waals surface area contributed by atoms with E-state index in [2.05, 4.69) is 20.6 Å². The molecule has 8 heteroatoms. The van der Waals surface area contributed by atoms with Crippen LogP contribution >= 0.6 is 0 Å². The summed E-state index contributed by atoms with van der Waals surface area (Å²) in [7, 11) is 1.84. The van der Waals surface area contributed by atoms with Gasteiger partial charge in [-0.15, -0.1) is 0 Å². The van der Waals surface area contributed by atoms with Crippen LogP contribution in [0.5, 0.6) is 0 Å². The van der Waals surface area contributed by atoms with Gasteiger partial charge >= 0.3 is 0 Å². The maximum Gasteiger partial charge on any atom is 0.258 e. The zero-order valence-electron chi connectivity index (χ0n) is 14.9. The molecule has 0 aliphatic heterocycles. The van der Waals surface area contributed by atoms with E-state index in [4.69, 9.17) is 4.52 Å². The maximum absolute atomic E-state index is 13.1. The first kappa shape index (κ1) is 16.7. The first-order chi connectivity index (χ1) is 12.4. The predicted molar refractivity (Wildman–Crippen MR) is 93.4 cm³/mol. The van der Waals surface area contributed by atoms with E-state index in [-0.39, 0.29) is 24.0 Å². The van der Waals surface area contributed by atoms with Crippen molar-refractivity contribution in [3.63, 3.8) is 0 Å². The first-order valence-corrected chi connectivity index (χ1v) is 8.63. The third-order valence-electron chi connectivity index (χ3n) is 4.98. The van der Waals surface area contributed by atoms with Gasteiger partial charge in [-0.2, -0.15) is 5.10 Å². The van der Waals surface area contributed by atoms with Crippen LogP contribution in [0.15, 0.2) is 23.0 Å². The number of aryl methyl sites for hydroxylation is 3. The number of hydrogen-bond acceptors (Lipinski definition) is 6. The molecule has 8 nitrogen and oxygen atoms in total. The third kappa shape index (κ3) is 2.86. The van der Waals surface area contributed by atoms with Gasteiger partial charge in [0.15, 0.2) is 0 Å². The van der Waals surface area contributed by atoms with Gasteiger partial charge in [0.1, 0.15) is 0 Å². The molecule has 26 heavy (non-hydrogen) atoms. The average molecular weight is 355 g/mol. The number of carbonyl (C=O) groups is 1. The Morgan fingerprint density at radius 2 is 2.19 bits per heavy atom. The van der Waals surface area contributed by atoms with E-state index in [0.29, 0.717) is 40.9 Å². The molecule has 1 atom stereocenters. The molecule has 3 aromatic heterocycles. The van der Waals surface area contributed by atoms with Crippen LogP contribution in [-0.4, -0.2) is 37.0 Å². The Kier molecular flexibility index (Phi) is 3.99. The molecule has 1 amide bonds. The molecule has 3 aromatic rings. The second-order valence-corrected chi connectivity index (χ2v) is 7.04. The van der Waals surface area contributed by atoms with Gasteiger partial charge in [0.25, 0.3) is 11.6 Å². The summed E-state index contributed by atoms with van der Waals surface area (Å²) in [5, 5.41) is 21.6. The number of aromatic nitrogens is 4. The van der Waals surface area contributed by atoms with Crippen LogP contribution in [0.2, 0.25) is 0 Å². The van der Waals surface area contributed by atoms with Gasteiger partial charge in [-0.25, -0.2) is 4.98 Å². The van der Waals surface area contributed by atoms with Gasteiger partial charge in [-0.05, 0) is 38.7 Å². The fourth-order valence-corrected chi connectivity index (χ4v) is 3.59. The number of pyridine rings is 1. The highest BCUT2D eigenvalue weighted by atomic mass is 16.5. The van der Waals surface area contributed by atoms with Crippen LogP contribution in [0.4, 0.5) is 0 Å². The monoisotopic (exact) mass is 355 g/mol. The van der Waals surface area contributed by atoms with Gasteiger partial charge in [-0.1, -0.05) is 5.16 Å². The number of nitrogens with one attached hydrogen (secondary N) is 1. The zero-order chi connectivity index (χ0) is 18.4. The minimum absolute atomic E-state index is 0.181. The Hall–Kier alpha value is -2.74. The minimum atomic E-state index is -0.300. The number of nitrogens with zero attached hydrogens (tertiary/aromatic N) is 4. The number of hydrogen-bond donors (Lipinski definition) is 2. The Bertz CT molecular complexity index is 971. The Morgan fingerprint density at radius 1 is 1.42 bits per heavy atom. The van der Waals surface area contributed by atoms with E-state index in [1.165, 1.54) is 0 Å². The number of fused-ring (bicyclic) bond motifs is 1. The molecule has 2 N–H and O–H groups in total. The van der Waals surface area contributed by atoms with Crippen LogP contribution in [0.1, 0.15) is 46.2 Å². The van der Waals surface area contributed by atoms with Crippen molar-refractivity contribution < 1.29 is 14.4 Å². The fraction of sp³-hybridized carbons (Fsp3) is 0.444. The lowest BCUT2D eigenvalue weighted by atomic mass is 9.75. The molecule has 4 rings (SSSR count). The third-order valence-corrected chi connectivity index (χ3v) is 4.98. The van der Waals surface area contributed by atoms with Crippen LogP contribution in [0, 0.1) is 19.8 Å². The van der Waals surface area contributed by atoms with Gasteiger partial charge < -0.3 is 14.9 Å². The number of carbonyl (C=O) groups excluding carboxylic acids is 1. The topological polar surface area (TPSA) is 106 Å². The van der Waals surface area contributed by atoms with E-state index >= 15 is 0 Å². The predicted octanol–water partition coefficient (Wildman–Crippen LogP) is 1.82. The molecule has 1 fully saturated rings. The summed E-state index contributed by atoms with van der Waals surface area (Å²) < 4.78 is 6.93. The standard InChI is InChI=1S/C18H21N5O3/c1-9-4-14(15-10(2)22-26-18(15)20-9)17(25)21-16(11-5-13(24)6-11)12-7-19-23(3)8-12/h4,7-8,11,13,16,24H,5-6H2,1-3H3,(H,21,25). The van der Waals surface area contributed by atoms with Crippen LogP contribution in [0.25, 0.3) is 11.1 Å². The molecule has 1 saturated carbocycles. The van der Waals surface area contributed by atoms with Crippen LogP contribution < -0.4 is 5.32 Å². The van der Waals surface area contributed by atoms with Crippen molar-refractivity contribution in [2.45, 2.75) is 38.8 Å². The van der Waals surface area contributed by atoms with Crippen molar-refractivity contribution in [1.29, 1.82) is 0 Å². The van der Waals surface area contributed by atoms with Crippen molar-refractivity contribution in [1.82, 2.24) is 25.2 Å². The maximum atomic E-state index is 13.1. The quantitative estimate of drug-likeness (QED) is 0.739.